The number of hydrogen-bond acceptors (Lipinski definition) is 4. The van der Waals surface area contributed by atoms with Gasteiger partial charge >= 0.3 is 5.97 Å². The molecule has 0 bridgehead atoms. The second kappa shape index (κ2) is 5.37. The number of hydrogen-bond donors (Lipinski definition) is 1. The van der Waals surface area contributed by atoms with Gasteiger partial charge in [-0.15, -0.1) is 0 Å². The van der Waals surface area contributed by atoms with Crippen LogP contribution in [0.1, 0.15) is 12.2 Å². The first-order valence-corrected chi connectivity index (χ1v) is 7.90. The molecule has 5 heteroatoms. The first-order chi connectivity index (χ1) is 11.6. The average Bonchev–Trinajstić information content (AvgIpc) is 3.13. The number of aryl methyl sites for hydroxylation is 1. The second-order valence-corrected chi connectivity index (χ2v) is 6.10. The number of fused-ring (bicyclic) bond motifs is 2. The molecule has 1 unspecified atom stereocenters. The third-order valence-electron chi connectivity index (χ3n) is 4.74. The third-order valence-corrected chi connectivity index (χ3v) is 4.74. The first-order valence-electron chi connectivity index (χ1n) is 7.90. The van der Waals surface area contributed by atoms with Gasteiger partial charge in [0.2, 0.25) is 0 Å². The fourth-order valence-electron chi connectivity index (χ4n) is 3.69. The molecule has 1 aromatic heterocycles. The average molecular weight is 323 g/mol. The van der Waals surface area contributed by atoms with Crippen molar-refractivity contribution in [2.75, 3.05) is 13.7 Å². The molecule has 1 aromatic carbocycles. The number of esters is 1. The topological polar surface area (TPSA) is 68.5 Å². The van der Waals surface area contributed by atoms with Crippen molar-refractivity contribution >= 4 is 23.0 Å². The largest absolute Gasteiger partial charge is 0.466 e. The van der Waals surface area contributed by atoms with Crippen LogP contribution in [0, 0.1) is 12.8 Å². The van der Waals surface area contributed by atoms with Crippen LogP contribution in [0.25, 0.3) is 22.3 Å². The lowest BCUT2D eigenvalue weighted by atomic mass is 9.86. The Bertz CT molecular complexity index is 969. The summed E-state index contributed by atoms with van der Waals surface area (Å²) in [5.41, 5.74) is 3.55. The number of rotatable bonds is 2. The molecule has 1 aliphatic heterocycles. The van der Waals surface area contributed by atoms with Crippen LogP contribution in [0.5, 0.6) is 0 Å². The van der Waals surface area contributed by atoms with Crippen LogP contribution in [0.3, 0.4) is 0 Å². The van der Waals surface area contributed by atoms with E-state index in [1.54, 1.807) is 0 Å². The standard InChI is InChI=1S/C19H17NO4/c1-10-14(11-6-4-3-5-7-11)16-13(19(22)23-2)8-12-9-20-18(21)15(12)17(16)24-10/h3-7,12H,8-9H2,1-2H3,(H,20,21). The molecule has 2 aliphatic rings. The van der Waals surface area contributed by atoms with Gasteiger partial charge in [-0.25, -0.2) is 4.79 Å². The van der Waals surface area contributed by atoms with Crippen molar-refractivity contribution in [3.05, 3.63) is 46.7 Å². The number of methoxy groups -OCH3 is 1. The van der Waals surface area contributed by atoms with Crippen LogP contribution in [0.15, 0.2) is 34.7 Å². The highest BCUT2D eigenvalue weighted by atomic mass is 16.5. The van der Waals surface area contributed by atoms with Crippen molar-refractivity contribution in [1.29, 1.82) is 0 Å². The summed E-state index contributed by atoms with van der Waals surface area (Å²) in [5.74, 6) is 0.167. The molecule has 2 aromatic rings. The monoisotopic (exact) mass is 323 g/mol. The minimum atomic E-state index is -0.368. The van der Waals surface area contributed by atoms with Gasteiger partial charge in [0.15, 0.2) is 0 Å². The Kier molecular flexibility index (Phi) is 3.30. The number of benzene rings is 1. The zero-order valence-electron chi connectivity index (χ0n) is 13.5. The van der Waals surface area contributed by atoms with Crippen molar-refractivity contribution in [2.45, 2.75) is 13.3 Å². The van der Waals surface area contributed by atoms with Crippen LogP contribution in [0.2, 0.25) is 0 Å². The molecule has 122 valence electrons. The van der Waals surface area contributed by atoms with Gasteiger partial charge in [0.05, 0.1) is 12.7 Å². The molecule has 1 atom stereocenters. The summed E-state index contributed by atoms with van der Waals surface area (Å²) >= 11 is 0. The van der Waals surface area contributed by atoms with E-state index in [4.69, 9.17) is 9.15 Å². The quantitative estimate of drug-likeness (QED) is 0.833. The summed E-state index contributed by atoms with van der Waals surface area (Å²) in [5, 5.41) is 3.55. The molecule has 1 aliphatic carbocycles. The van der Waals surface area contributed by atoms with E-state index in [0.29, 0.717) is 40.5 Å². The van der Waals surface area contributed by atoms with Crippen molar-refractivity contribution in [3.8, 4) is 11.1 Å². The molecule has 5 nitrogen and oxygen atoms in total. The SMILES string of the molecule is COC(=O)C1=c2c(-c3ccccc3)c(C)oc2=C2C(=O)NCC2C1. The Hall–Kier alpha value is -2.82. The second-order valence-electron chi connectivity index (χ2n) is 6.10. The van der Waals surface area contributed by atoms with E-state index < -0.39 is 0 Å². The highest BCUT2D eigenvalue weighted by Crippen LogP contribution is 2.30. The fraction of sp³-hybridized carbons (Fsp3) is 0.263. The molecule has 1 N–H and O–H groups in total. The lowest BCUT2D eigenvalue weighted by Gasteiger charge is -2.15. The number of ether oxygens (including phenoxy) is 1. The smallest absolute Gasteiger partial charge is 0.334 e. The Labute approximate surface area is 138 Å². The summed E-state index contributed by atoms with van der Waals surface area (Å²) in [6.07, 6.45) is 0.479. The van der Waals surface area contributed by atoms with E-state index in [0.717, 1.165) is 11.1 Å². The number of carbonyl (C=O) groups excluding carboxylic acids is 2. The fourth-order valence-corrected chi connectivity index (χ4v) is 3.69. The summed E-state index contributed by atoms with van der Waals surface area (Å²) in [6.45, 7) is 2.38. The maximum atomic E-state index is 12.4. The summed E-state index contributed by atoms with van der Waals surface area (Å²) < 4.78 is 11.0. The van der Waals surface area contributed by atoms with Gasteiger partial charge in [-0.1, -0.05) is 30.3 Å². The summed E-state index contributed by atoms with van der Waals surface area (Å²) in [6, 6.07) is 9.75. The predicted octanol–water partition coefficient (Wildman–Crippen LogP) is 0.879. The number of carbonyl (C=O) groups is 2. The number of amides is 1. The van der Waals surface area contributed by atoms with E-state index in [-0.39, 0.29) is 17.8 Å². The Morgan fingerprint density at radius 2 is 2.04 bits per heavy atom. The highest BCUT2D eigenvalue weighted by molar-refractivity contribution is 6.19. The van der Waals surface area contributed by atoms with E-state index in [1.165, 1.54) is 7.11 Å². The third kappa shape index (κ3) is 2.01. The molecule has 1 fully saturated rings. The van der Waals surface area contributed by atoms with E-state index >= 15 is 0 Å². The van der Waals surface area contributed by atoms with E-state index in [2.05, 4.69) is 5.32 Å². The van der Waals surface area contributed by atoms with Crippen LogP contribution in [-0.4, -0.2) is 25.5 Å². The molecular weight excluding hydrogens is 306 g/mol. The van der Waals surface area contributed by atoms with E-state index in [1.807, 2.05) is 37.3 Å². The van der Waals surface area contributed by atoms with Gasteiger partial charge < -0.3 is 14.5 Å². The molecule has 0 saturated carbocycles. The van der Waals surface area contributed by atoms with Gasteiger partial charge in [0, 0.05) is 28.8 Å². The van der Waals surface area contributed by atoms with Crippen LogP contribution in [-0.2, 0) is 14.3 Å². The molecule has 0 radical (unpaired) electrons. The lowest BCUT2D eigenvalue weighted by Crippen LogP contribution is -2.37. The van der Waals surface area contributed by atoms with Gasteiger partial charge in [0.25, 0.3) is 5.91 Å². The Balaban J connectivity index is 2.16. The molecule has 4 rings (SSSR count). The zero-order chi connectivity index (χ0) is 16.8. The van der Waals surface area contributed by atoms with Crippen LogP contribution >= 0.6 is 0 Å². The maximum Gasteiger partial charge on any atom is 0.334 e. The summed E-state index contributed by atoms with van der Waals surface area (Å²) in [7, 11) is 1.38. The first kappa shape index (κ1) is 14.8. The minimum absolute atomic E-state index is 0.0479. The van der Waals surface area contributed by atoms with Gasteiger partial charge in [-0.3, -0.25) is 4.79 Å². The van der Waals surface area contributed by atoms with Gasteiger partial charge in [-0.05, 0) is 18.9 Å². The normalized spacial score (nSPS) is 18.9. The van der Waals surface area contributed by atoms with Crippen molar-refractivity contribution in [3.63, 3.8) is 0 Å². The van der Waals surface area contributed by atoms with Crippen LogP contribution < -0.4 is 16.0 Å². The molecule has 1 saturated heterocycles. The maximum absolute atomic E-state index is 12.4. The van der Waals surface area contributed by atoms with Crippen molar-refractivity contribution in [1.82, 2.24) is 5.32 Å². The molecule has 24 heavy (non-hydrogen) atoms. The van der Waals surface area contributed by atoms with Gasteiger partial charge in [-0.2, -0.15) is 0 Å². The van der Waals surface area contributed by atoms with Crippen molar-refractivity contribution < 1.29 is 18.7 Å². The zero-order valence-corrected chi connectivity index (χ0v) is 13.5. The predicted molar refractivity (Wildman–Crippen MR) is 88.1 cm³/mol. The Morgan fingerprint density at radius 3 is 2.75 bits per heavy atom. The Morgan fingerprint density at radius 1 is 1.29 bits per heavy atom. The van der Waals surface area contributed by atoms with Gasteiger partial charge in [0.1, 0.15) is 11.2 Å². The molecule has 2 heterocycles. The summed E-state index contributed by atoms with van der Waals surface area (Å²) in [4.78, 5) is 24.6. The van der Waals surface area contributed by atoms with Crippen molar-refractivity contribution in [2.24, 2.45) is 5.92 Å². The number of nitrogens with one attached hydrogen (secondary N) is 1. The van der Waals surface area contributed by atoms with E-state index in [9.17, 15) is 9.59 Å². The molecule has 0 spiro atoms. The molecular formula is C19H17NO4. The number of furan rings is 1. The van der Waals surface area contributed by atoms with Crippen LogP contribution in [0.4, 0.5) is 0 Å². The lowest BCUT2D eigenvalue weighted by molar-refractivity contribution is -0.134. The minimum Gasteiger partial charge on any atom is -0.466 e. The molecule has 1 amide bonds. The highest BCUT2D eigenvalue weighted by Gasteiger charge is 2.37.